The molecule has 0 spiro atoms. The number of rotatable bonds is 5. The van der Waals surface area contributed by atoms with Gasteiger partial charge in [-0.2, -0.15) is 5.10 Å². The van der Waals surface area contributed by atoms with Crippen molar-refractivity contribution in [2.24, 2.45) is 13.0 Å². The number of nitrogens with one attached hydrogen (secondary N) is 1. The van der Waals surface area contributed by atoms with E-state index in [1.165, 1.54) is 11.3 Å². The Hall–Kier alpha value is -1.72. The smallest absolute Gasteiger partial charge is 0.126 e. The predicted octanol–water partition coefficient (Wildman–Crippen LogP) is 3.35. The zero-order chi connectivity index (χ0) is 17.3. The Bertz CT molecular complexity index is 726. The Morgan fingerprint density at radius 3 is 2.79 bits per heavy atom. The summed E-state index contributed by atoms with van der Waals surface area (Å²) in [6.45, 7) is 8.23. The number of benzene rings is 1. The predicted molar refractivity (Wildman–Crippen MR) is 92.3 cm³/mol. The van der Waals surface area contributed by atoms with Gasteiger partial charge in [-0.1, -0.05) is 12.1 Å². The average Bonchev–Trinajstić information content (AvgIpc) is 3.08. The van der Waals surface area contributed by atoms with E-state index < -0.39 is 0 Å². The molecule has 1 aromatic carbocycles. The molecule has 0 aliphatic carbocycles. The highest BCUT2D eigenvalue weighted by molar-refractivity contribution is 5.28. The highest BCUT2D eigenvalue weighted by Crippen LogP contribution is 2.37. The van der Waals surface area contributed by atoms with Crippen molar-refractivity contribution >= 4 is 0 Å². The van der Waals surface area contributed by atoms with Gasteiger partial charge in [0.25, 0.3) is 0 Å². The van der Waals surface area contributed by atoms with E-state index in [4.69, 9.17) is 4.74 Å². The molecule has 0 bridgehead atoms. The van der Waals surface area contributed by atoms with Crippen LogP contribution in [0, 0.1) is 32.5 Å². The number of aryl methyl sites for hydroxylation is 3. The summed E-state index contributed by atoms with van der Waals surface area (Å²) >= 11 is 0. The third-order valence-electron chi connectivity index (χ3n) is 5.04. The maximum atomic E-state index is 13.6. The number of aromatic nitrogens is 2. The maximum Gasteiger partial charge on any atom is 0.126 e. The molecule has 1 fully saturated rings. The van der Waals surface area contributed by atoms with Crippen molar-refractivity contribution in [2.75, 3.05) is 13.2 Å². The van der Waals surface area contributed by atoms with Crippen LogP contribution in [0.3, 0.4) is 0 Å². The Kier molecular flexibility index (Phi) is 5.01. The molecule has 1 aromatic heterocycles. The standard InChI is InChI=1S/C19H26FN3O/c1-12-5-6-15(9-17(12)20)10-21-11-16-7-8-24-19(16)18-13(2)22-23(4)14(18)3/h5-6,9,16,19,21H,7-8,10-11H2,1-4H3/t16-,19+/m1/s1. The van der Waals surface area contributed by atoms with Crippen LogP contribution in [0.1, 0.15) is 40.6 Å². The fraction of sp³-hybridized carbons (Fsp3) is 0.526. The van der Waals surface area contributed by atoms with Crippen LogP contribution < -0.4 is 5.32 Å². The van der Waals surface area contributed by atoms with Crippen LogP contribution in [0.25, 0.3) is 0 Å². The summed E-state index contributed by atoms with van der Waals surface area (Å²) < 4.78 is 21.6. The van der Waals surface area contributed by atoms with Crippen molar-refractivity contribution < 1.29 is 9.13 Å². The normalized spacial score (nSPS) is 20.7. The molecule has 1 N–H and O–H groups in total. The van der Waals surface area contributed by atoms with Gasteiger partial charge < -0.3 is 10.1 Å². The molecule has 2 atom stereocenters. The number of hydrogen-bond acceptors (Lipinski definition) is 3. The van der Waals surface area contributed by atoms with Crippen molar-refractivity contribution in [2.45, 2.75) is 39.8 Å². The van der Waals surface area contributed by atoms with Crippen molar-refractivity contribution in [3.05, 3.63) is 52.1 Å². The van der Waals surface area contributed by atoms with Crippen molar-refractivity contribution in [3.8, 4) is 0 Å². The van der Waals surface area contributed by atoms with Crippen molar-refractivity contribution in [3.63, 3.8) is 0 Å². The number of hydrogen-bond donors (Lipinski definition) is 1. The zero-order valence-corrected chi connectivity index (χ0v) is 14.9. The molecule has 24 heavy (non-hydrogen) atoms. The molecular weight excluding hydrogens is 305 g/mol. The summed E-state index contributed by atoms with van der Waals surface area (Å²) in [5.74, 6) is 0.278. The largest absolute Gasteiger partial charge is 0.373 e. The Morgan fingerprint density at radius 2 is 2.12 bits per heavy atom. The van der Waals surface area contributed by atoms with Gasteiger partial charge in [0.05, 0.1) is 11.8 Å². The molecule has 1 saturated heterocycles. The molecule has 5 heteroatoms. The van der Waals surface area contributed by atoms with Gasteiger partial charge in [-0.05, 0) is 44.4 Å². The topological polar surface area (TPSA) is 39.1 Å². The lowest BCUT2D eigenvalue weighted by atomic mass is 9.94. The highest BCUT2D eigenvalue weighted by Gasteiger charge is 2.33. The summed E-state index contributed by atoms with van der Waals surface area (Å²) in [7, 11) is 1.97. The molecule has 0 saturated carbocycles. The highest BCUT2D eigenvalue weighted by atomic mass is 19.1. The minimum atomic E-state index is -0.141. The fourth-order valence-corrected chi connectivity index (χ4v) is 3.51. The van der Waals surface area contributed by atoms with Gasteiger partial charge in [0.2, 0.25) is 0 Å². The number of halogens is 1. The summed E-state index contributed by atoms with van der Waals surface area (Å²) in [5.41, 5.74) is 5.11. The Morgan fingerprint density at radius 1 is 1.33 bits per heavy atom. The first-order valence-corrected chi connectivity index (χ1v) is 8.54. The molecule has 0 unspecified atom stereocenters. The van der Waals surface area contributed by atoms with E-state index in [0.717, 1.165) is 30.8 Å². The summed E-state index contributed by atoms with van der Waals surface area (Å²) in [5, 5.41) is 7.97. The van der Waals surface area contributed by atoms with E-state index in [9.17, 15) is 4.39 Å². The molecule has 4 nitrogen and oxygen atoms in total. The van der Waals surface area contributed by atoms with E-state index in [1.807, 2.05) is 30.8 Å². The van der Waals surface area contributed by atoms with E-state index in [0.29, 0.717) is 18.0 Å². The minimum Gasteiger partial charge on any atom is -0.373 e. The molecule has 1 aliphatic heterocycles. The Balaban J connectivity index is 1.63. The van der Waals surface area contributed by atoms with Crippen LogP contribution in [0.2, 0.25) is 0 Å². The van der Waals surface area contributed by atoms with Gasteiger partial charge >= 0.3 is 0 Å². The minimum absolute atomic E-state index is 0.0981. The first-order chi connectivity index (χ1) is 11.5. The van der Waals surface area contributed by atoms with E-state index >= 15 is 0 Å². The molecule has 0 amide bonds. The first kappa shape index (κ1) is 17.1. The van der Waals surface area contributed by atoms with Gasteiger partial charge in [0.15, 0.2) is 0 Å². The molecule has 130 valence electrons. The van der Waals surface area contributed by atoms with E-state index in [-0.39, 0.29) is 11.9 Å². The van der Waals surface area contributed by atoms with Crippen LogP contribution in [0.4, 0.5) is 4.39 Å². The monoisotopic (exact) mass is 331 g/mol. The van der Waals surface area contributed by atoms with Crippen LogP contribution in [-0.4, -0.2) is 22.9 Å². The second-order valence-corrected chi connectivity index (χ2v) is 6.76. The van der Waals surface area contributed by atoms with Crippen molar-refractivity contribution in [1.82, 2.24) is 15.1 Å². The number of ether oxygens (including phenoxy) is 1. The maximum absolute atomic E-state index is 13.6. The molecule has 0 radical (unpaired) electrons. The lowest BCUT2D eigenvalue weighted by Crippen LogP contribution is -2.25. The van der Waals surface area contributed by atoms with E-state index in [2.05, 4.69) is 17.3 Å². The van der Waals surface area contributed by atoms with Gasteiger partial charge in [0, 0.05) is 43.9 Å². The lowest BCUT2D eigenvalue weighted by Gasteiger charge is -2.20. The third-order valence-corrected chi connectivity index (χ3v) is 5.04. The number of nitrogens with zero attached hydrogens (tertiary/aromatic N) is 2. The first-order valence-electron chi connectivity index (χ1n) is 8.54. The molecule has 2 aromatic rings. The zero-order valence-electron chi connectivity index (χ0n) is 14.9. The summed E-state index contributed by atoms with van der Waals surface area (Å²) in [6.07, 6.45) is 1.13. The van der Waals surface area contributed by atoms with E-state index in [1.54, 1.807) is 13.0 Å². The second kappa shape index (κ2) is 7.03. The van der Waals surface area contributed by atoms with Crippen LogP contribution in [0.5, 0.6) is 0 Å². The van der Waals surface area contributed by atoms with Gasteiger partial charge in [0.1, 0.15) is 5.82 Å². The molecule has 2 heterocycles. The summed E-state index contributed by atoms with van der Waals surface area (Å²) in [6, 6.07) is 5.42. The molecule has 1 aliphatic rings. The third kappa shape index (κ3) is 3.37. The van der Waals surface area contributed by atoms with Crippen LogP contribution in [-0.2, 0) is 18.3 Å². The second-order valence-electron chi connectivity index (χ2n) is 6.76. The average molecular weight is 331 g/mol. The van der Waals surface area contributed by atoms with Gasteiger partial charge in [-0.15, -0.1) is 0 Å². The quantitative estimate of drug-likeness (QED) is 0.913. The summed E-state index contributed by atoms with van der Waals surface area (Å²) in [4.78, 5) is 0. The Labute approximate surface area is 143 Å². The SMILES string of the molecule is Cc1ccc(CNC[C@H]2CCO[C@@H]2c2c(C)nn(C)c2C)cc1F. The van der Waals surface area contributed by atoms with Gasteiger partial charge in [-0.3, -0.25) is 4.68 Å². The molecule has 3 rings (SSSR count). The lowest BCUT2D eigenvalue weighted by molar-refractivity contribution is 0.0893. The molecular formula is C19H26FN3O. The van der Waals surface area contributed by atoms with Crippen LogP contribution >= 0.6 is 0 Å². The van der Waals surface area contributed by atoms with Gasteiger partial charge in [-0.25, -0.2) is 4.39 Å². The van der Waals surface area contributed by atoms with Crippen LogP contribution in [0.15, 0.2) is 18.2 Å². The van der Waals surface area contributed by atoms with Crippen molar-refractivity contribution in [1.29, 1.82) is 0 Å². The fourth-order valence-electron chi connectivity index (χ4n) is 3.51.